The van der Waals surface area contributed by atoms with Crippen LogP contribution in [0, 0.1) is 5.92 Å². The van der Waals surface area contributed by atoms with E-state index in [0.29, 0.717) is 21.9 Å². The van der Waals surface area contributed by atoms with Gasteiger partial charge >= 0.3 is 0 Å². The molecule has 0 aromatic carbocycles. The van der Waals surface area contributed by atoms with Crippen molar-refractivity contribution in [3.05, 3.63) is 16.1 Å². The van der Waals surface area contributed by atoms with E-state index in [-0.39, 0.29) is 0 Å². The van der Waals surface area contributed by atoms with Crippen molar-refractivity contribution in [3.8, 4) is 0 Å². The zero-order valence-corrected chi connectivity index (χ0v) is 13.7. The summed E-state index contributed by atoms with van der Waals surface area (Å²) < 4.78 is 0. The summed E-state index contributed by atoms with van der Waals surface area (Å²) in [6.07, 6.45) is 6.27. The Labute approximate surface area is 131 Å². The van der Waals surface area contributed by atoms with Gasteiger partial charge in [0, 0.05) is 12.6 Å². The summed E-state index contributed by atoms with van der Waals surface area (Å²) in [7, 11) is 0. The highest BCUT2D eigenvalue weighted by Crippen LogP contribution is 2.33. The van der Waals surface area contributed by atoms with Gasteiger partial charge in [0.2, 0.25) is 0 Å². The first-order chi connectivity index (χ1) is 9.63. The lowest BCUT2D eigenvalue weighted by Gasteiger charge is -2.29. The van der Waals surface area contributed by atoms with Gasteiger partial charge in [0.05, 0.1) is 10.0 Å². The maximum Gasteiger partial charge on any atom is 0.147 e. The molecule has 0 amide bonds. The van der Waals surface area contributed by atoms with Crippen molar-refractivity contribution >= 4 is 34.8 Å². The number of aromatic nitrogens is 1. The van der Waals surface area contributed by atoms with Gasteiger partial charge in [0.1, 0.15) is 11.6 Å². The highest BCUT2D eigenvalue weighted by atomic mass is 35.5. The number of halogens is 2. The molecule has 2 unspecified atom stereocenters. The lowest BCUT2D eigenvalue weighted by atomic mass is 9.84. The van der Waals surface area contributed by atoms with Gasteiger partial charge < -0.3 is 10.6 Å². The lowest BCUT2D eigenvalue weighted by Crippen LogP contribution is -2.27. The van der Waals surface area contributed by atoms with Gasteiger partial charge in [-0.1, -0.05) is 49.4 Å². The van der Waals surface area contributed by atoms with Crippen LogP contribution in [-0.2, 0) is 0 Å². The van der Waals surface area contributed by atoms with Crippen molar-refractivity contribution < 1.29 is 0 Å². The van der Waals surface area contributed by atoms with E-state index in [1.165, 1.54) is 32.1 Å². The predicted molar refractivity (Wildman–Crippen MR) is 88.1 cm³/mol. The van der Waals surface area contributed by atoms with Crippen molar-refractivity contribution in [2.24, 2.45) is 5.92 Å². The fraction of sp³-hybridized carbons (Fsp3) is 0.667. The van der Waals surface area contributed by atoms with Crippen LogP contribution in [0.25, 0.3) is 0 Å². The first kappa shape index (κ1) is 15.7. The molecule has 1 aliphatic carbocycles. The second kappa shape index (κ2) is 7.37. The highest BCUT2D eigenvalue weighted by molar-refractivity contribution is 6.37. The van der Waals surface area contributed by atoms with E-state index < -0.39 is 0 Å². The minimum atomic E-state index is 0.467. The molecule has 2 rings (SSSR count). The van der Waals surface area contributed by atoms with Crippen molar-refractivity contribution in [1.29, 1.82) is 0 Å². The largest absolute Gasteiger partial charge is 0.369 e. The van der Waals surface area contributed by atoms with E-state index >= 15 is 0 Å². The van der Waals surface area contributed by atoms with Crippen LogP contribution in [0.4, 0.5) is 11.6 Å². The van der Waals surface area contributed by atoms with Crippen molar-refractivity contribution in [3.63, 3.8) is 0 Å². The molecule has 3 nitrogen and oxygen atoms in total. The molecule has 1 saturated carbocycles. The Balaban J connectivity index is 2.10. The zero-order chi connectivity index (χ0) is 14.5. The quantitative estimate of drug-likeness (QED) is 0.784. The fourth-order valence-corrected chi connectivity index (χ4v) is 3.33. The Morgan fingerprint density at radius 3 is 2.65 bits per heavy atom. The van der Waals surface area contributed by atoms with E-state index in [2.05, 4.69) is 22.5 Å². The Morgan fingerprint density at radius 2 is 1.95 bits per heavy atom. The average Bonchev–Trinajstić information content (AvgIpc) is 2.44. The molecule has 112 valence electrons. The molecule has 0 saturated heterocycles. The molecule has 5 heteroatoms. The highest BCUT2D eigenvalue weighted by Gasteiger charge is 2.22. The number of pyridine rings is 1. The summed E-state index contributed by atoms with van der Waals surface area (Å²) in [5, 5.41) is 7.82. The van der Waals surface area contributed by atoms with Gasteiger partial charge in [0.15, 0.2) is 0 Å². The molecule has 1 heterocycles. The van der Waals surface area contributed by atoms with E-state index in [1.54, 1.807) is 6.07 Å². The van der Waals surface area contributed by atoms with Gasteiger partial charge in [-0.25, -0.2) is 4.98 Å². The summed E-state index contributed by atoms with van der Waals surface area (Å²) in [5.74, 6) is 2.26. The first-order valence-corrected chi connectivity index (χ1v) is 8.26. The number of nitrogens with one attached hydrogen (secondary N) is 2. The number of rotatable bonds is 5. The molecule has 20 heavy (non-hydrogen) atoms. The molecule has 2 N–H and O–H groups in total. The van der Waals surface area contributed by atoms with Gasteiger partial charge in [-0.15, -0.1) is 0 Å². The molecule has 2 atom stereocenters. The fourth-order valence-electron chi connectivity index (χ4n) is 2.85. The third kappa shape index (κ3) is 3.92. The standard InChI is InChI=1S/C15H23Cl2N3/c1-3-10-6-5-7-11(8-10)19-15-13(17)9-12(16)14(20-15)18-4-2/h9-11H,3-8H2,1-2H3,(H2,18,19,20). The number of anilines is 2. The minimum Gasteiger partial charge on any atom is -0.369 e. The second-order valence-corrected chi connectivity index (χ2v) is 6.28. The van der Waals surface area contributed by atoms with Crippen LogP contribution in [0.2, 0.25) is 10.0 Å². The molecular formula is C15H23Cl2N3. The van der Waals surface area contributed by atoms with E-state index in [9.17, 15) is 0 Å². The van der Waals surface area contributed by atoms with Crippen LogP contribution < -0.4 is 10.6 Å². The second-order valence-electron chi connectivity index (χ2n) is 5.46. The summed E-state index contributed by atoms with van der Waals surface area (Å²) in [4.78, 5) is 4.52. The van der Waals surface area contributed by atoms with Gasteiger partial charge in [-0.3, -0.25) is 0 Å². The molecule has 0 spiro atoms. The van der Waals surface area contributed by atoms with Crippen LogP contribution in [0.3, 0.4) is 0 Å². The summed E-state index contributed by atoms with van der Waals surface area (Å²) >= 11 is 12.4. The van der Waals surface area contributed by atoms with Crippen molar-refractivity contribution in [1.82, 2.24) is 4.98 Å². The van der Waals surface area contributed by atoms with Gasteiger partial charge in [-0.2, -0.15) is 0 Å². The minimum absolute atomic E-state index is 0.467. The lowest BCUT2D eigenvalue weighted by molar-refractivity contribution is 0.327. The SMILES string of the molecule is CCNc1nc(NC2CCCC(CC)C2)c(Cl)cc1Cl. The number of hydrogen-bond acceptors (Lipinski definition) is 3. The zero-order valence-electron chi connectivity index (χ0n) is 12.2. The smallest absolute Gasteiger partial charge is 0.147 e. The Bertz CT molecular complexity index is 451. The molecule has 1 aliphatic rings. The number of hydrogen-bond donors (Lipinski definition) is 2. The molecule has 0 aliphatic heterocycles. The number of nitrogens with zero attached hydrogens (tertiary/aromatic N) is 1. The van der Waals surface area contributed by atoms with Crippen LogP contribution >= 0.6 is 23.2 Å². The maximum atomic E-state index is 6.25. The maximum absolute atomic E-state index is 6.25. The van der Waals surface area contributed by atoms with Gasteiger partial charge in [-0.05, 0) is 31.7 Å². The molecular weight excluding hydrogens is 293 g/mol. The average molecular weight is 316 g/mol. The molecule has 1 aromatic rings. The molecule has 0 radical (unpaired) electrons. The summed E-state index contributed by atoms with van der Waals surface area (Å²) in [6.45, 7) is 5.08. The normalized spacial score (nSPS) is 22.6. The van der Waals surface area contributed by atoms with Gasteiger partial charge in [0.25, 0.3) is 0 Å². The van der Waals surface area contributed by atoms with Crippen LogP contribution in [0.1, 0.15) is 46.0 Å². The van der Waals surface area contributed by atoms with Crippen LogP contribution in [0.5, 0.6) is 0 Å². The van der Waals surface area contributed by atoms with Crippen LogP contribution in [0.15, 0.2) is 6.07 Å². The van der Waals surface area contributed by atoms with Crippen molar-refractivity contribution in [2.45, 2.75) is 52.0 Å². The van der Waals surface area contributed by atoms with E-state index in [1.807, 2.05) is 6.92 Å². The first-order valence-electron chi connectivity index (χ1n) is 7.50. The Hall–Kier alpha value is -0.670. The third-order valence-electron chi connectivity index (χ3n) is 3.97. The van der Waals surface area contributed by atoms with Crippen LogP contribution in [-0.4, -0.2) is 17.6 Å². The summed E-state index contributed by atoms with van der Waals surface area (Å²) in [5.41, 5.74) is 0. The topological polar surface area (TPSA) is 37.0 Å². The molecule has 1 aromatic heterocycles. The monoisotopic (exact) mass is 315 g/mol. The molecule has 0 bridgehead atoms. The molecule has 1 fully saturated rings. The third-order valence-corrected chi connectivity index (χ3v) is 4.55. The Morgan fingerprint density at radius 1 is 1.20 bits per heavy atom. The van der Waals surface area contributed by atoms with E-state index in [0.717, 1.165) is 18.3 Å². The summed E-state index contributed by atoms with van der Waals surface area (Å²) in [6, 6.07) is 2.23. The van der Waals surface area contributed by atoms with Crippen molar-refractivity contribution in [2.75, 3.05) is 17.2 Å². The Kier molecular flexibility index (Phi) is 5.79. The predicted octanol–water partition coefficient (Wildman–Crippen LogP) is 5.20. The van der Waals surface area contributed by atoms with E-state index in [4.69, 9.17) is 23.2 Å².